The summed E-state index contributed by atoms with van der Waals surface area (Å²) in [5, 5.41) is 6.40. The van der Waals surface area contributed by atoms with Gasteiger partial charge in [0.15, 0.2) is 0 Å². The topological polar surface area (TPSA) is 34.1 Å². The smallest absolute Gasteiger partial charge is 0.131 e. The second kappa shape index (κ2) is 7.52. The Kier molecular flexibility index (Phi) is 5.70. The van der Waals surface area contributed by atoms with Crippen molar-refractivity contribution in [1.82, 2.24) is 10.3 Å². The molecule has 0 radical (unpaired) electrons. The Hall–Kier alpha value is -1.46. The minimum absolute atomic E-state index is 0.285. The summed E-state index contributed by atoms with van der Waals surface area (Å²) in [6, 6.07) is 4.56. The minimum atomic E-state index is -0.285. The predicted molar refractivity (Wildman–Crippen MR) is 84.1 cm³/mol. The zero-order valence-corrected chi connectivity index (χ0v) is 13.5. The molecule has 0 fully saturated rings. The summed E-state index contributed by atoms with van der Waals surface area (Å²) in [7, 11) is 0. The van der Waals surface area contributed by atoms with E-state index in [1.54, 1.807) is 17.4 Å². The van der Waals surface area contributed by atoms with E-state index in [1.165, 1.54) is 12.1 Å². The van der Waals surface area contributed by atoms with Gasteiger partial charge < -0.3 is 10.1 Å². The molecule has 0 aliphatic carbocycles. The van der Waals surface area contributed by atoms with E-state index in [0.717, 1.165) is 29.4 Å². The number of nitrogens with zero attached hydrogens (tertiary/aromatic N) is 1. The molecule has 21 heavy (non-hydrogen) atoms. The van der Waals surface area contributed by atoms with Gasteiger partial charge in [0.25, 0.3) is 0 Å². The summed E-state index contributed by atoms with van der Waals surface area (Å²) in [6.45, 7) is 8.38. The molecule has 5 heteroatoms. The van der Waals surface area contributed by atoms with Gasteiger partial charge in [0.05, 0.1) is 5.69 Å². The van der Waals surface area contributed by atoms with Crippen LogP contribution in [0, 0.1) is 18.7 Å². The SMILES string of the molecule is Cc1ccc(F)cc1OCc1csc(CNCC(C)C)n1. The van der Waals surface area contributed by atoms with Crippen molar-refractivity contribution in [2.45, 2.75) is 33.9 Å². The fourth-order valence-corrected chi connectivity index (χ4v) is 2.59. The summed E-state index contributed by atoms with van der Waals surface area (Å²) in [6.07, 6.45) is 0. The van der Waals surface area contributed by atoms with E-state index < -0.39 is 0 Å². The van der Waals surface area contributed by atoms with Gasteiger partial charge in [-0.3, -0.25) is 0 Å². The molecule has 2 rings (SSSR count). The Labute approximate surface area is 129 Å². The minimum Gasteiger partial charge on any atom is -0.487 e. The molecule has 0 bridgehead atoms. The number of benzene rings is 1. The van der Waals surface area contributed by atoms with Gasteiger partial charge in [0.2, 0.25) is 0 Å². The second-order valence-electron chi connectivity index (χ2n) is 5.46. The number of aryl methyl sites for hydroxylation is 1. The van der Waals surface area contributed by atoms with Gasteiger partial charge in [-0.25, -0.2) is 9.37 Å². The first kappa shape index (κ1) is 15.9. The molecule has 1 aromatic heterocycles. The van der Waals surface area contributed by atoms with Crippen molar-refractivity contribution in [3.8, 4) is 5.75 Å². The van der Waals surface area contributed by atoms with Gasteiger partial charge in [-0.15, -0.1) is 11.3 Å². The molecular formula is C16H21FN2OS. The molecule has 0 amide bonds. The van der Waals surface area contributed by atoms with Gasteiger partial charge in [0.1, 0.15) is 23.2 Å². The molecular weight excluding hydrogens is 287 g/mol. The number of thiazole rings is 1. The summed E-state index contributed by atoms with van der Waals surface area (Å²) >= 11 is 1.62. The summed E-state index contributed by atoms with van der Waals surface area (Å²) < 4.78 is 18.8. The molecule has 2 aromatic rings. The normalized spacial score (nSPS) is 11.1. The number of rotatable bonds is 7. The largest absolute Gasteiger partial charge is 0.487 e. The molecule has 3 nitrogen and oxygen atoms in total. The van der Waals surface area contributed by atoms with Crippen LogP contribution in [0.5, 0.6) is 5.75 Å². The molecule has 0 aliphatic heterocycles. The Morgan fingerprint density at radius 2 is 2.19 bits per heavy atom. The van der Waals surface area contributed by atoms with Crippen LogP contribution in [-0.2, 0) is 13.2 Å². The standard InChI is InChI=1S/C16H21FN2OS/c1-11(2)7-18-8-16-19-14(10-21-16)9-20-15-6-13(17)5-4-12(15)3/h4-6,10-11,18H,7-9H2,1-3H3. The lowest BCUT2D eigenvalue weighted by Gasteiger charge is -2.07. The van der Waals surface area contributed by atoms with E-state index in [0.29, 0.717) is 18.3 Å². The van der Waals surface area contributed by atoms with Crippen LogP contribution in [0.2, 0.25) is 0 Å². The highest BCUT2D eigenvalue weighted by Crippen LogP contribution is 2.20. The van der Waals surface area contributed by atoms with E-state index >= 15 is 0 Å². The van der Waals surface area contributed by atoms with E-state index in [4.69, 9.17) is 4.74 Å². The van der Waals surface area contributed by atoms with Crippen LogP contribution < -0.4 is 10.1 Å². The summed E-state index contributed by atoms with van der Waals surface area (Å²) in [4.78, 5) is 4.51. The molecule has 0 saturated heterocycles. The summed E-state index contributed by atoms with van der Waals surface area (Å²) in [5.41, 5.74) is 1.80. The molecule has 1 aromatic carbocycles. The number of halogens is 1. The lowest BCUT2D eigenvalue weighted by atomic mass is 10.2. The zero-order chi connectivity index (χ0) is 15.2. The molecule has 114 valence electrons. The third-order valence-electron chi connectivity index (χ3n) is 2.95. The van der Waals surface area contributed by atoms with E-state index in [1.807, 2.05) is 12.3 Å². The highest BCUT2D eigenvalue weighted by atomic mass is 32.1. The second-order valence-corrected chi connectivity index (χ2v) is 6.40. The fraction of sp³-hybridized carbons (Fsp3) is 0.438. The van der Waals surface area contributed by atoms with Crippen molar-refractivity contribution in [3.05, 3.63) is 45.7 Å². The first-order valence-corrected chi connectivity index (χ1v) is 7.95. The van der Waals surface area contributed by atoms with E-state index in [2.05, 4.69) is 24.1 Å². The first-order valence-electron chi connectivity index (χ1n) is 7.07. The molecule has 0 spiro atoms. The maximum absolute atomic E-state index is 13.2. The molecule has 1 N–H and O–H groups in total. The average Bonchev–Trinajstić information content (AvgIpc) is 2.87. The van der Waals surface area contributed by atoms with Crippen LogP contribution in [0.3, 0.4) is 0 Å². The molecule has 0 unspecified atom stereocenters. The van der Waals surface area contributed by atoms with E-state index in [-0.39, 0.29) is 5.82 Å². The number of ether oxygens (including phenoxy) is 1. The maximum Gasteiger partial charge on any atom is 0.131 e. The Morgan fingerprint density at radius 3 is 2.95 bits per heavy atom. The molecule has 0 saturated carbocycles. The molecule has 0 aliphatic rings. The maximum atomic E-state index is 13.2. The van der Waals surface area contributed by atoms with Crippen LogP contribution in [0.25, 0.3) is 0 Å². The van der Waals surface area contributed by atoms with Crippen LogP contribution >= 0.6 is 11.3 Å². The lowest BCUT2D eigenvalue weighted by molar-refractivity contribution is 0.298. The quantitative estimate of drug-likeness (QED) is 0.842. The first-order chi connectivity index (χ1) is 10.0. The third-order valence-corrected chi connectivity index (χ3v) is 3.85. The number of nitrogens with one attached hydrogen (secondary N) is 1. The van der Waals surface area contributed by atoms with Gasteiger partial charge in [0, 0.05) is 18.0 Å². The molecule has 1 heterocycles. The van der Waals surface area contributed by atoms with Crippen molar-refractivity contribution in [3.63, 3.8) is 0 Å². The van der Waals surface area contributed by atoms with Crippen molar-refractivity contribution in [2.24, 2.45) is 5.92 Å². The molecule has 0 atom stereocenters. The van der Waals surface area contributed by atoms with Crippen molar-refractivity contribution in [1.29, 1.82) is 0 Å². The lowest BCUT2D eigenvalue weighted by Crippen LogP contribution is -2.18. The highest BCUT2D eigenvalue weighted by Gasteiger charge is 2.06. The number of aromatic nitrogens is 1. The van der Waals surface area contributed by atoms with Crippen molar-refractivity contribution < 1.29 is 9.13 Å². The Balaban J connectivity index is 1.86. The van der Waals surface area contributed by atoms with Gasteiger partial charge >= 0.3 is 0 Å². The van der Waals surface area contributed by atoms with Crippen LogP contribution in [0.15, 0.2) is 23.6 Å². The Morgan fingerprint density at radius 1 is 1.38 bits per heavy atom. The highest BCUT2D eigenvalue weighted by molar-refractivity contribution is 7.09. The monoisotopic (exact) mass is 308 g/mol. The average molecular weight is 308 g/mol. The van der Waals surface area contributed by atoms with Crippen molar-refractivity contribution in [2.75, 3.05) is 6.54 Å². The third kappa shape index (κ3) is 5.10. The van der Waals surface area contributed by atoms with Crippen LogP contribution in [0.4, 0.5) is 4.39 Å². The fourth-order valence-electron chi connectivity index (χ4n) is 1.85. The van der Waals surface area contributed by atoms with Gasteiger partial charge in [-0.05, 0) is 31.0 Å². The Bertz CT molecular complexity index is 583. The number of hydrogen-bond donors (Lipinski definition) is 1. The van der Waals surface area contributed by atoms with Crippen LogP contribution in [0.1, 0.15) is 30.1 Å². The summed E-state index contributed by atoms with van der Waals surface area (Å²) in [5.74, 6) is 0.915. The van der Waals surface area contributed by atoms with Crippen molar-refractivity contribution >= 4 is 11.3 Å². The zero-order valence-electron chi connectivity index (χ0n) is 12.6. The van der Waals surface area contributed by atoms with Gasteiger partial charge in [-0.1, -0.05) is 19.9 Å². The van der Waals surface area contributed by atoms with Crippen LogP contribution in [-0.4, -0.2) is 11.5 Å². The van der Waals surface area contributed by atoms with Gasteiger partial charge in [-0.2, -0.15) is 0 Å². The number of hydrogen-bond acceptors (Lipinski definition) is 4. The van der Waals surface area contributed by atoms with E-state index in [9.17, 15) is 4.39 Å². The predicted octanol–water partition coefficient (Wildman–Crippen LogP) is 3.92.